The number of halogens is 1. The molecule has 1 saturated heterocycles. The molecule has 0 saturated carbocycles. The number of benzene rings is 2. The van der Waals surface area contributed by atoms with Gasteiger partial charge in [-0.2, -0.15) is 0 Å². The van der Waals surface area contributed by atoms with Gasteiger partial charge in [-0.15, -0.1) is 0 Å². The van der Waals surface area contributed by atoms with Crippen molar-refractivity contribution in [2.24, 2.45) is 0 Å². The van der Waals surface area contributed by atoms with Crippen LogP contribution in [0.3, 0.4) is 0 Å². The van der Waals surface area contributed by atoms with Crippen LogP contribution in [0.5, 0.6) is 0 Å². The van der Waals surface area contributed by atoms with Crippen LogP contribution in [0.15, 0.2) is 48.5 Å². The highest BCUT2D eigenvalue weighted by molar-refractivity contribution is 7.80. The predicted octanol–water partition coefficient (Wildman–Crippen LogP) is 2.19. The van der Waals surface area contributed by atoms with Crippen molar-refractivity contribution < 1.29 is 14.6 Å². The van der Waals surface area contributed by atoms with E-state index in [2.05, 4.69) is 22.8 Å². The Morgan fingerprint density at radius 1 is 1.25 bits per heavy atom. The Labute approximate surface area is 173 Å². The summed E-state index contributed by atoms with van der Waals surface area (Å²) in [6.07, 6.45) is 0. The maximum atomic E-state index is 11.0. The van der Waals surface area contributed by atoms with Crippen LogP contribution in [0.25, 0.3) is 0 Å². The number of ether oxygens (including phenoxy) is 1. The van der Waals surface area contributed by atoms with Crippen LogP contribution in [-0.2, 0) is 4.74 Å². The third kappa shape index (κ3) is 5.62. The van der Waals surface area contributed by atoms with E-state index in [0.717, 1.165) is 38.4 Å². The number of non-ortho nitro benzene ring substituents is 1. The highest BCUT2D eigenvalue weighted by Crippen LogP contribution is 2.26. The normalized spacial score (nSPS) is 15.6. The van der Waals surface area contributed by atoms with E-state index in [1.54, 1.807) is 0 Å². The van der Waals surface area contributed by atoms with E-state index >= 15 is 0 Å². The number of hydrogen-bond donors (Lipinski definition) is 3. The van der Waals surface area contributed by atoms with Gasteiger partial charge in [-0.05, 0) is 23.8 Å². The average molecular weight is 422 g/mol. The van der Waals surface area contributed by atoms with E-state index in [1.807, 2.05) is 18.2 Å². The molecular weight excluding hydrogens is 400 g/mol. The van der Waals surface area contributed by atoms with Gasteiger partial charge in [-0.3, -0.25) is 10.1 Å². The third-order valence-corrected chi connectivity index (χ3v) is 5.16. The molecule has 0 aliphatic carbocycles. The fourth-order valence-corrected chi connectivity index (χ4v) is 3.55. The molecule has 0 amide bonds. The van der Waals surface area contributed by atoms with Gasteiger partial charge in [0.2, 0.25) is 0 Å². The lowest BCUT2D eigenvalue weighted by Gasteiger charge is -2.29. The van der Waals surface area contributed by atoms with Gasteiger partial charge in [-0.25, -0.2) is 0 Å². The molecule has 2 aromatic rings. The molecule has 3 rings (SSSR count). The summed E-state index contributed by atoms with van der Waals surface area (Å²) >= 11 is 11.6. The zero-order valence-electron chi connectivity index (χ0n) is 15.2. The summed E-state index contributed by atoms with van der Waals surface area (Å²) in [4.78, 5) is 12.0. The van der Waals surface area contributed by atoms with E-state index in [0.29, 0.717) is 15.8 Å². The Bertz CT molecular complexity index is 831. The average Bonchev–Trinajstić information content (AvgIpc) is 2.70. The predicted molar refractivity (Wildman–Crippen MR) is 113 cm³/mol. The van der Waals surface area contributed by atoms with Crippen LogP contribution in [0, 0.1) is 10.1 Å². The summed E-state index contributed by atoms with van der Waals surface area (Å²) < 4.78 is 5.44. The highest BCUT2D eigenvalue weighted by Gasteiger charge is 2.22. The highest BCUT2D eigenvalue weighted by atomic mass is 35.5. The van der Waals surface area contributed by atoms with Crippen molar-refractivity contribution in [1.82, 2.24) is 5.32 Å². The first-order valence-electron chi connectivity index (χ1n) is 9.00. The topological polar surface area (TPSA) is 80.9 Å². The number of thiocarbonyl (C=S) groups is 1. The van der Waals surface area contributed by atoms with Crippen molar-refractivity contribution in [3.05, 3.63) is 69.2 Å². The van der Waals surface area contributed by atoms with E-state index in [1.165, 1.54) is 23.1 Å². The summed E-state index contributed by atoms with van der Waals surface area (Å²) in [5, 5.41) is 18.1. The molecular formula is C19H22ClN4O3S+. The van der Waals surface area contributed by atoms with Crippen molar-refractivity contribution in [2.75, 3.05) is 38.2 Å². The molecule has 1 fully saturated rings. The Morgan fingerprint density at radius 2 is 1.96 bits per heavy atom. The quantitative estimate of drug-likeness (QED) is 0.377. The molecule has 9 heteroatoms. The molecule has 1 aliphatic heterocycles. The lowest BCUT2D eigenvalue weighted by molar-refractivity contribution is -0.909. The van der Waals surface area contributed by atoms with Gasteiger partial charge in [0.1, 0.15) is 25.7 Å². The van der Waals surface area contributed by atoms with Crippen molar-refractivity contribution in [3.63, 3.8) is 0 Å². The van der Waals surface area contributed by atoms with Crippen molar-refractivity contribution in [3.8, 4) is 0 Å². The lowest BCUT2D eigenvalue weighted by atomic mass is 10.1. The van der Waals surface area contributed by atoms with Crippen LogP contribution in [0.1, 0.15) is 11.6 Å². The largest absolute Gasteiger partial charge is 0.370 e. The first-order valence-corrected chi connectivity index (χ1v) is 9.79. The second-order valence-electron chi connectivity index (χ2n) is 6.55. The second kappa shape index (κ2) is 9.79. The number of hydrogen-bond acceptors (Lipinski definition) is 4. The third-order valence-electron chi connectivity index (χ3n) is 4.61. The van der Waals surface area contributed by atoms with Crippen LogP contribution in [0.4, 0.5) is 11.4 Å². The molecule has 2 aromatic carbocycles. The molecule has 0 unspecified atom stereocenters. The number of anilines is 1. The monoisotopic (exact) mass is 421 g/mol. The fourth-order valence-electron chi connectivity index (χ4n) is 3.13. The maximum Gasteiger partial charge on any atom is 0.271 e. The Balaban J connectivity index is 1.72. The number of nitro groups is 1. The minimum absolute atomic E-state index is 0.00762. The minimum Gasteiger partial charge on any atom is -0.370 e. The standard InChI is InChI=1S/C19H21ClN4O3S/c20-16-7-6-15(24(25)26)12-17(16)21-19(28)22-18(14-4-2-1-3-5-14)13-23-8-10-27-11-9-23/h1-7,12,18H,8-11,13H2,(H2,21,22,28)/p+1/t18-/m1/s1. The maximum absolute atomic E-state index is 11.0. The summed E-state index contributed by atoms with van der Waals surface area (Å²) in [6.45, 7) is 4.24. The number of rotatable bonds is 6. The van der Waals surface area contributed by atoms with E-state index < -0.39 is 4.92 Å². The second-order valence-corrected chi connectivity index (χ2v) is 7.36. The summed E-state index contributed by atoms with van der Waals surface area (Å²) in [6, 6.07) is 14.3. The number of nitrogens with zero attached hydrogens (tertiary/aromatic N) is 1. The zero-order chi connectivity index (χ0) is 19.9. The molecule has 1 atom stereocenters. The first kappa shape index (κ1) is 20.5. The van der Waals surface area contributed by atoms with Gasteiger partial charge < -0.3 is 20.3 Å². The van der Waals surface area contributed by atoms with Crippen molar-refractivity contribution in [1.29, 1.82) is 0 Å². The summed E-state index contributed by atoms with van der Waals surface area (Å²) in [7, 11) is 0. The number of nitro benzene ring substituents is 1. The van der Waals surface area contributed by atoms with Crippen LogP contribution < -0.4 is 15.5 Å². The Hall–Kier alpha value is -2.26. The molecule has 0 radical (unpaired) electrons. The van der Waals surface area contributed by atoms with Crippen LogP contribution in [-0.4, -0.2) is 42.9 Å². The Morgan fingerprint density at radius 3 is 2.64 bits per heavy atom. The SMILES string of the molecule is O=[N+]([O-])c1ccc(Cl)c(NC(=S)N[C@H](C[NH+]2CCOCC2)c2ccccc2)c1. The molecule has 1 heterocycles. The van der Waals surface area contributed by atoms with Gasteiger partial charge in [0, 0.05) is 12.1 Å². The molecule has 28 heavy (non-hydrogen) atoms. The fraction of sp³-hybridized carbons (Fsp3) is 0.316. The summed E-state index contributed by atoms with van der Waals surface area (Å²) in [5.41, 5.74) is 1.47. The molecule has 0 bridgehead atoms. The van der Waals surface area contributed by atoms with Gasteiger partial charge in [0.25, 0.3) is 5.69 Å². The first-order chi connectivity index (χ1) is 13.5. The smallest absolute Gasteiger partial charge is 0.271 e. The van der Waals surface area contributed by atoms with Gasteiger partial charge in [-0.1, -0.05) is 41.9 Å². The molecule has 0 spiro atoms. The van der Waals surface area contributed by atoms with E-state index in [9.17, 15) is 10.1 Å². The number of quaternary nitrogens is 1. The van der Waals surface area contributed by atoms with E-state index in [4.69, 9.17) is 28.6 Å². The molecule has 3 N–H and O–H groups in total. The lowest BCUT2D eigenvalue weighted by Crippen LogP contribution is -3.14. The van der Waals surface area contributed by atoms with Crippen LogP contribution >= 0.6 is 23.8 Å². The number of nitrogens with one attached hydrogen (secondary N) is 3. The van der Waals surface area contributed by atoms with Crippen LogP contribution in [0.2, 0.25) is 5.02 Å². The molecule has 1 aliphatic rings. The summed E-state index contributed by atoms with van der Waals surface area (Å²) in [5.74, 6) is 0. The van der Waals surface area contributed by atoms with Gasteiger partial charge in [0.05, 0.1) is 28.8 Å². The number of morpholine rings is 1. The van der Waals surface area contributed by atoms with Gasteiger partial charge in [0.15, 0.2) is 5.11 Å². The Kier molecular flexibility index (Phi) is 7.16. The van der Waals surface area contributed by atoms with Crippen molar-refractivity contribution >= 4 is 40.3 Å². The van der Waals surface area contributed by atoms with Gasteiger partial charge >= 0.3 is 0 Å². The van der Waals surface area contributed by atoms with E-state index in [-0.39, 0.29) is 11.7 Å². The molecule has 0 aromatic heterocycles. The molecule has 148 valence electrons. The zero-order valence-corrected chi connectivity index (χ0v) is 16.8. The minimum atomic E-state index is -0.466. The molecule has 7 nitrogen and oxygen atoms in total. The van der Waals surface area contributed by atoms with Crippen molar-refractivity contribution in [2.45, 2.75) is 6.04 Å².